The lowest BCUT2D eigenvalue weighted by atomic mass is 9.70. The summed E-state index contributed by atoms with van der Waals surface area (Å²) in [5.41, 5.74) is 12.2. The molecule has 0 fully saturated rings. The predicted octanol–water partition coefficient (Wildman–Crippen LogP) is 8.69. The number of hydrogen-bond donors (Lipinski definition) is 0. The maximum Gasteiger partial charge on any atom is 0.136 e. The van der Waals surface area contributed by atoms with Gasteiger partial charge in [-0.2, -0.15) is 0 Å². The minimum Gasteiger partial charge on any atom is -0.456 e. The molecular formula is C31H17BrO. The van der Waals surface area contributed by atoms with Gasteiger partial charge in [0.25, 0.3) is 0 Å². The second-order valence-electron chi connectivity index (χ2n) is 8.99. The highest BCUT2D eigenvalue weighted by Crippen LogP contribution is 2.64. The van der Waals surface area contributed by atoms with Gasteiger partial charge in [0.1, 0.15) is 11.2 Å². The third kappa shape index (κ3) is 2.00. The summed E-state index contributed by atoms with van der Waals surface area (Å²) in [5, 5.41) is 2.39. The zero-order chi connectivity index (χ0) is 21.7. The van der Waals surface area contributed by atoms with E-state index in [9.17, 15) is 0 Å². The molecule has 2 aliphatic rings. The van der Waals surface area contributed by atoms with Crippen molar-refractivity contribution >= 4 is 37.9 Å². The fourth-order valence-electron chi connectivity index (χ4n) is 6.41. The van der Waals surface area contributed by atoms with E-state index in [1.807, 2.05) is 6.07 Å². The lowest BCUT2D eigenvalue weighted by Crippen LogP contribution is -2.25. The number of fused-ring (bicyclic) bond motifs is 14. The van der Waals surface area contributed by atoms with Gasteiger partial charge in [-0.05, 0) is 68.8 Å². The average Bonchev–Trinajstić information content (AvgIpc) is 3.47. The Bertz CT molecular complexity index is 1790. The number of rotatable bonds is 0. The molecule has 1 atom stereocenters. The molecule has 1 heterocycles. The van der Waals surface area contributed by atoms with E-state index < -0.39 is 0 Å². The zero-order valence-electron chi connectivity index (χ0n) is 17.6. The second kappa shape index (κ2) is 6.03. The molecule has 1 spiro atoms. The number of halogens is 1. The number of benzene rings is 5. The minimum atomic E-state index is -0.339. The van der Waals surface area contributed by atoms with Crippen LogP contribution in [0.1, 0.15) is 22.3 Å². The van der Waals surface area contributed by atoms with Crippen LogP contribution in [-0.2, 0) is 5.41 Å². The van der Waals surface area contributed by atoms with E-state index >= 15 is 0 Å². The standard InChI is InChI=1S/C31H17BrO/c32-18-13-14-20-19-7-1-4-10-23(19)31(26(20)17-18)24-11-5-2-8-21(24)29-25(31)15-16-28-30(29)22-9-3-6-12-27(22)33-28/h1-17H. The smallest absolute Gasteiger partial charge is 0.136 e. The molecule has 1 unspecified atom stereocenters. The van der Waals surface area contributed by atoms with Crippen LogP contribution < -0.4 is 0 Å². The van der Waals surface area contributed by atoms with Gasteiger partial charge in [0.15, 0.2) is 0 Å². The predicted molar refractivity (Wildman–Crippen MR) is 138 cm³/mol. The molecule has 6 aromatic rings. The first-order valence-corrected chi connectivity index (χ1v) is 12.0. The topological polar surface area (TPSA) is 13.1 Å². The van der Waals surface area contributed by atoms with Gasteiger partial charge in [-0.1, -0.05) is 94.8 Å². The van der Waals surface area contributed by atoms with Gasteiger partial charge in [0.2, 0.25) is 0 Å². The van der Waals surface area contributed by atoms with E-state index in [4.69, 9.17) is 4.42 Å². The van der Waals surface area contributed by atoms with Crippen LogP contribution in [0.4, 0.5) is 0 Å². The first kappa shape index (κ1) is 17.9. The Hall–Kier alpha value is -3.62. The SMILES string of the molecule is Brc1ccc2c(c1)C1(c3ccccc3-2)c2ccccc2-c2c1ccc1oc3ccccc3c21. The van der Waals surface area contributed by atoms with Crippen molar-refractivity contribution in [3.8, 4) is 22.3 Å². The fraction of sp³-hybridized carbons (Fsp3) is 0.0323. The van der Waals surface area contributed by atoms with Gasteiger partial charge in [-0.3, -0.25) is 0 Å². The summed E-state index contributed by atoms with van der Waals surface area (Å²) in [6.07, 6.45) is 0. The van der Waals surface area contributed by atoms with Crippen molar-refractivity contribution in [2.24, 2.45) is 0 Å². The van der Waals surface area contributed by atoms with E-state index in [-0.39, 0.29) is 5.41 Å². The van der Waals surface area contributed by atoms with Crippen LogP contribution in [0.5, 0.6) is 0 Å². The molecule has 0 radical (unpaired) electrons. The molecule has 1 aromatic heterocycles. The van der Waals surface area contributed by atoms with Crippen molar-refractivity contribution in [3.05, 3.63) is 130 Å². The van der Waals surface area contributed by atoms with Gasteiger partial charge in [-0.25, -0.2) is 0 Å². The third-order valence-electron chi connectivity index (χ3n) is 7.55. The highest BCUT2D eigenvalue weighted by Gasteiger charge is 2.52. The Kier molecular flexibility index (Phi) is 3.27. The van der Waals surface area contributed by atoms with Gasteiger partial charge in [0, 0.05) is 15.2 Å². The van der Waals surface area contributed by atoms with Gasteiger partial charge < -0.3 is 4.42 Å². The third-order valence-corrected chi connectivity index (χ3v) is 8.05. The summed E-state index contributed by atoms with van der Waals surface area (Å²) in [6, 6.07) is 37.4. The van der Waals surface area contributed by atoms with Crippen molar-refractivity contribution < 1.29 is 4.42 Å². The summed E-state index contributed by atoms with van der Waals surface area (Å²) in [5.74, 6) is 0. The van der Waals surface area contributed by atoms with Gasteiger partial charge in [-0.15, -0.1) is 0 Å². The van der Waals surface area contributed by atoms with Gasteiger partial charge >= 0.3 is 0 Å². The molecule has 0 saturated heterocycles. The van der Waals surface area contributed by atoms with E-state index in [1.165, 1.54) is 55.3 Å². The minimum absolute atomic E-state index is 0.339. The first-order chi connectivity index (χ1) is 16.3. The van der Waals surface area contributed by atoms with E-state index in [0.717, 1.165) is 15.6 Å². The molecule has 0 bridgehead atoms. The first-order valence-electron chi connectivity index (χ1n) is 11.2. The Morgan fingerprint density at radius 1 is 0.545 bits per heavy atom. The Morgan fingerprint density at radius 3 is 2.12 bits per heavy atom. The van der Waals surface area contributed by atoms with Crippen LogP contribution >= 0.6 is 15.9 Å². The van der Waals surface area contributed by atoms with Crippen molar-refractivity contribution in [2.45, 2.75) is 5.41 Å². The van der Waals surface area contributed by atoms with Crippen molar-refractivity contribution in [1.82, 2.24) is 0 Å². The van der Waals surface area contributed by atoms with Crippen LogP contribution in [0.25, 0.3) is 44.2 Å². The molecule has 154 valence electrons. The molecule has 0 N–H and O–H groups in total. The summed E-state index contributed by atoms with van der Waals surface area (Å²) in [6.45, 7) is 0. The summed E-state index contributed by atoms with van der Waals surface area (Å²) in [7, 11) is 0. The molecule has 1 nitrogen and oxygen atoms in total. The average molecular weight is 485 g/mol. The van der Waals surface area contributed by atoms with Crippen LogP contribution in [0.2, 0.25) is 0 Å². The Morgan fingerprint density at radius 2 is 1.24 bits per heavy atom. The second-order valence-corrected chi connectivity index (χ2v) is 9.91. The van der Waals surface area contributed by atoms with Crippen molar-refractivity contribution in [2.75, 3.05) is 0 Å². The zero-order valence-corrected chi connectivity index (χ0v) is 19.2. The summed E-state index contributed by atoms with van der Waals surface area (Å²) >= 11 is 3.77. The van der Waals surface area contributed by atoms with Crippen LogP contribution in [0.15, 0.2) is 112 Å². The number of hydrogen-bond acceptors (Lipinski definition) is 1. The van der Waals surface area contributed by atoms with Gasteiger partial charge in [0.05, 0.1) is 5.41 Å². The molecule has 0 amide bonds. The lowest BCUT2D eigenvalue weighted by molar-refractivity contribution is 0.668. The number of para-hydroxylation sites is 1. The van der Waals surface area contributed by atoms with Crippen molar-refractivity contribution in [3.63, 3.8) is 0 Å². The largest absolute Gasteiger partial charge is 0.456 e. The molecular weight excluding hydrogens is 468 g/mol. The normalized spacial score (nSPS) is 17.4. The molecule has 2 aliphatic carbocycles. The van der Waals surface area contributed by atoms with E-state index in [0.29, 0.717) is 0 Å². The lowest BCUT2D eigenvalue weighted by Gasteiger charge is -2.30. The summed E-state index contributed by atoms with van der Waals surface area (Å²) in [4.78, 5) is 0. The van der Waals surface area contributed by atoms with E-state index in [1.54, 1.807) is 0 Å². The molecule has 5 aromatic carbocycles. The van der Waals surface area contributed by atoms with Crippen LogP contribution in [-0.4, -0.2) is 0 Å². The molecule has 33 heavy (non-hydrogen) atoms. The fourth-order valence-corrected chi connectivity index (χ4v) is 6.78. The van der Waals surface area contributed by atoms with Crippen LogP contribution in [0, 0.1) is 0 Å². The van der Waals surface area contributed by atoms with Crippen LogP contribution in [0.3, 0.4) is 0 Å². The summed E-state index contributed by atoms with van der Waals surface area (Å²) < 4.78 is 7.40. The monoisotopic (exact) mass is 484 g/mol. The molecule has 0 aliphatic heterocycles. The van der Waals surface area contributed by atoms with E-state index in [2.05, 4.69) is 113 Å². The Labute approximate surface area is 199 Å². The maximum atomic E-state index is 6.29. The Balaban J connectivity index is 1.64. The van der Waals surface area contributed by atoms with Crippen molar-refractivity contribution in [1.29, 1.82) is 0 Å². The highest BCUT2D eigenvalue weighted by atomic mass is 79.9. The molecule has 8 rings (SSSR count). The quantitative estimate of drug-likeness (QED) is 0.209. The highest BCUT2D eigenvalue weighted by molar-refractivity contribution is 9.10. The molecule has 2 heteroatoms. The maximum absolute atomic E-state index is 6.29. The number of furan rings is 1. The molecule has 0 saturated carbocycles.